The van der Waals surface area contributed by atoms with Crippen LogP contribution in [0.15, 0.2) is 63.6 Å². The van der Waals surface area contributed by atoms with Crippen molar-refractivity contribution in [1.29, 1.82) is 5.26 Å². The number of amides is 1. The van der Waals surface area contributed by atoms with E-state index in [1.165, 1.54) is 18.2 Å². The average Bonchev–Trinajstić information content (AvgIpc) is 2.90. The Morgan fingerprint density at radius 2 is 1.71 bits per heavy atom. The third-order valence-electron chi connectivity index (χ3n) is 3.61. The van der Waals surface area contributed by atoms with E-state index in [1.807, 2.05) is 0 Å². The van der Waals surface area contributed by atoms with E-state index in [2.05, 4.69) is 10.2 Å². The second-order valence-corrected chi connectivity index (χ2v) is 6.37. The Morgan fingerprint density at radius 1 is 1.07 bits per heavy atom. The fourth-order valence-electron chi connectivity index (χ4n) is 2.49. The van der Waals surface area contributed by atoms with Gasteiger partial charge < -0.3 is 5.11 Å². The molecule has 0 spiro atoms. The monoisotopic (exact) mass is 415 g/mol. The zero-order chi connectivity index (χ0) is 20.3. The van der Waals surface area contributed by atoms with Crippen molar-refractivity contribution < 1.29 is 9.90 Å². The van der Waals surface area contributed by atoms with Crippen molar-refractivity contribution in [2.45, 2.75) is 6.42 Å². The van der Waals surface area contributed by atoms with Crippen LogP contribution in [0.5, 0.6) is 5.88 Å². The number of para-hydroxylation sites is 1. The predicted molar refractivity (Wildman–Crippen MR) is 103 cm³/mol. The van der Waals surface area contributed by atoms with Crippen LogP contribution in [0.2, 0.25) is 10.0 Å². The SMILES string of the molecule is N#CCC(=O)N=Nc1c(O)n(-c2ccccc2)c(=O)n1-c1cc(Cl)cc(Cl)c1. The van der Waals surface area contributed by atoms with E-state index in [4.69, 9.17) is 28.5 Å². The van der Waals surface area contributed by atoms with Gasteiger partial charge in [-0.05, 0) is 30.3 Å². The first-order valence-electron chi connectivity index (χ1n) is 7.82. The number of carbonyl (C=O) groups excluding carboxylic acids is 1. The summed E-state index contributed by atoms with van der Waals surface area (Å²) >= 11 is 12.0. The molecule has 0 fully saturated rings. The summed E-state index contributed by atoms with van der Waals surface area (Å²) in [6.45, 7) is 0. The standard InChI is InChI=1S/C18H11Cl2N5O3/c19-11-8-12(20)10-14(9-11)24-16(23-22-15(26)6-7-21)17(27)25(18(24)28)13-4-2-1-3-5-13/h1-5,8-10,27H,6H2. The second kappa shape index (κ2) is 8.08. The minimum absolute atomic E-state index is 0.217. The first kappa shape index (κ1) is 19.4. The van der Waals surface area contributed by atoms with Gasteiger partial charge in [0, 0.05) is 10.0 Å². The molecule has 28 heavy (non-hydrogen) atoms. The molecule has 140 valence electrons. The molecule has 1 amide bonds. The smallest absolute Gasteiger partial charge is 0.342 e. The summed E-state index contributed by atoms with van der Waals surface area (Å²) in [5.41, 5.74) is -0.0884. The predicted octanol–water partition coefficient (Wildman–Crippen LogP) is 4.16. The molecule has 10 heteroatoms. The van der Waals surface area contributed by atoms with Crippen LogP contribution in [0.3, 0.4) is 0 Å². The first-order chi connectivity index (χ1) is 13.4. The number of halogens is 2. The lowest BCUT2D eigenvalue weighted by Crippen LogP contribution is -2.22. The number of nitrogens with zero attached hydrogens (tertiary/aromatic N) is 5. The largest absolute Gasteiger partial charge is 0.491 e. The molecular weight excluding hydrogens is 405 g/mol. The maximum absolute atomic E-state index is 13.0. The Hall–Kier alpha value is -3.41. The van der Waals surface area contributed by atoms with Crippen LogP contribution in [0.1, 0.15) is 6.42 Å². The number of carbonyl (C=O) groups is 1. The van der Waals surface area contributed by atoms with Crippen molar-refractivity contribution in [3.05, 3.63) is 69.1 Å². The second-order valence-electron chi connectivity index (χ2n) is 5.49. The number of aromatic nitrogens is 2. The molecule has 3 rings (SSSR count). The molecule has 0 aliphatic heterocycles. The zero-order valence-corrected chi connectivity index (χ0v) is 15.6. The minimum atomic E-state index is -0.822. The Balaban J connectivity index is 2.29. The van der Waals surface area contributed by atoms with Gasteiger partial charge in [0.25, 0.3) is 5.91 Å². The fourth-order valence-corrected chi connectivity index (χ4v) is 3.00. The molecule has 0 radical (unpaired) electrons. The van der Waals surface area contributed by atoms with Gasteiger partial charge in [-0.25, -0.2) is 13.9 Å². The molecule has 0 atom stereocenters. The maximum Gasteiger partial charge on any atom is 0.342 e. The molecule has 0 saturated carbocycles. The third-order valence-corrected chi connectivity index (χ3v) is 4.05. The Bertz CT molecular complexity index is 1160. The Morgan fingerprint density at radius 3 is 2.32 bits per heavy atom. The van der Waals surface area contributed by atoms with E-state index in [-0.39, 0.29) is 21.6 Å². The molecule has 1 aromatic heterocycles. The normalized spacial score (nSPS) is 10.9. The molecule has 0 unspecified atom stereocenters. The maximum atomic E-state index is 13.0. The Kier molecular flexibility index (Phi) is 5.59. The van der Waals surface area contributed by atoms with Crippen molar-refractivity contribution in [3.63, 3.8) is 0 Å². The van der Waals surface area contributed by atoms with Crippen LogP contribution in [0.25, 0.3) is 11.4 Å². The van der Waals surface area contributed by atoms with E-state index in [0.717, 1.165) is 9.13 Å². The number of aromatic hydroxyl groups is 1. The number of hydrogen-bond donors (Lipinski definition) is 1. The van der Waals surface area contributed by atoms with Crippen LogP contribution in [0.4, 0.5) is 5.82 Å². The van der Waals surface area contributed by atoms with E-state index in [9.17, 15) is 14.7 Å². The van der Waals surface area contributed by atoms with E-state index < -0.39 is 23.9 Å². The topological polar surface area (TPSA) is 113 Å². The lowest BCUT2D eigenvalue weighted by molar-refractivity contribution is -0.117. The molecular formula is C18H11Cl2N5O3. The van der Waals surface area contributed by atoms with Gasteiger partial charge in [-0.15, -0.1) is 10.2 Å². The van der Waals surface area contributed by atoms with Crippen molar-refractivity contribution >= 4 is 34.9 Å². The number of benzene rings is 2. The van der Waals surface area contributed by atoms with Crippen LogP contribution in [-0.4, -0.2) is 20.1 Å². The van der Waals surface area contributed by atoms with Gasteiger partial charge in [0.1, 0.15) is 6.42 Å². The highest BCUT2D eigenvalue weighted by Gasteiger charge is 2.23. The molecule has 0 bridgehead atoms. The van der Waals surface area contributed by atoms with E-state index >= 15 is 0 Å². The summed E-state index contributed by atoms with van der Waals surface area (Å²) in [4.78, 5) is 24.6. The van der Waals surface area contributed by atoms with Crippen molar-refractivity contribution in [3.8, 4) is 23.3 Å². The highest BCUT2D eigenvalue weighted by atomic mass is 35.5. The molecule has 3 aromatic rings. The number of imidazole rings is 1. The summed E-state index contributed by atoms with van der Waals surface area (Å²) in [6, 6.07) is 14.4. The average molecular weight is 416 g/mol. The molecule has 1 heterocycles. The lowest BCUT2D eigenvalue weighted by atomic mass is 10.3. The molecule has 0 saturated heterocycles. The molecule has 2 aromatic carbocycles. The van der Waals surface area contributed by atoms with Gasteiger partial charge in [0.15, 0.2) is 0 Å². The van der Waals surface area contributed by atoms with Crippen molar-refractivity contribution in [1.82, 2.24) is 9.13 Å². The minimum Gasteiger partial charge on any atom is -0.491 e. The summed E-state index contributed by atoms with van der Waals surface area (Å²) in [5.74, 6) is -1.67. The van der Waals surface area contributed by atoms with Gasteiger partial charge in [0.05, 0.1) is 17.4 Å². The van der Waals surface area contributed by atoms with Crippen LogP contribution >= 0.6 is 23.2 Å². The summed E-state index contributed by atoms with van der Waals surface area (Å²) < 4.78 is 2.02. The summed E-state index contributed by atoms with van der Waals surface area (Å²) in [5, 5.41) is 26.8. The van der Waals surface area contributed by atoms with Crippen molar-refractivity contribution in [2.75, 3.05) is 0 Å². The van der Waals surface area contributed by atoms with Gasteiger partial charge in [-0.2, -0.15) is 5.26 Å². The number of nitriles is 1. The van der Waals surface area contributed by atoms with Crippen LogP contribution < -0.4 is 5.69 Å². The number of rotatable bonds is 4. The highest BCUT2D eigenvalue weighted by Crippen LogP contribution is 2.32. The number of hydrogen-bond acceptors (Lipinski definition) is 5. The lowest BCUT2D eigenvalue weighted by Gasteiger charge is -2.04. The van der Waals surface area contributed by atoms with E-state index in [0.29, 0.717) is 5.69 Å². The summed E-state index contributed by atoms with van der Waals surface area (Å²) in [6.07, 6.45) is -0.489. The van der Waals surface area contributed by atoms with Crippen LogP contribution in [-0.2, 0) is 4.79 Å². The quantitative estimate of drug-likeness (QED) is 0.644. The number of azo groups is 1. The third kappa shape index (κ3) is 3.81. The van der Waals surface area contributed by atoms with E-state index in [1.54, 1.807) is 36.4 Å². The van der Waals surface area contributed by atoms with Gasteiger partial charge in [0.2, 0.25) is 11.7 Å². The van der Waals surface area contributed by atoms with Gasteiger partial charge in [-0.3, -0.25) is 4.79 Å². The Labute approximate surface area is 168 Å². The fraction of sp³-hybridized carbons (Fsp3) is 0.0556. The first-order valence-corrected chi connectivity index (χ1v) is 8.58. The molecule has 0 aliphatic rings. The summed E-state index contributed by atoms with van der Waals surface area (Å²) in [7, 11) is 0. The van der Waals surface area contributed by atoms with Gasteiger partial charge in [-0.1, -0.05) is 41.4 Å². The zero-order valence-electron chi connectivity index (χ0n) is 14.1. The molecule has 0 aliphatic carbocycles. The van der Waals surface area contributed by atoms with Gasteiger partial charge >= 0.3 is 5.69 Å². The molecule has 8 nitrogen and oxygen atoms in total. The van der Waals surface area contributed by atoms with Crippen LogP contribution in [0, 0.1) is 11.3 Å². The van der Waals surface area contributed by atoms with Crippen molar-refractivity contribution in [2.24, 2.45) is 10.2 Å². The molecule has 1 N–H and O–H groups in total. The highest BCUT2D eigenvalue weighted by molar-refractivity contribution is 6.34.